The summed E-state index contributed by atoms with van der Waals surface area (Å²) in [6.45, 7) is 0. The fourth-order valence-corrected chi connectivity index (χ4v) is 3.32. The van der Waals surface area contributed by atoms with Crippen LogP contribution < -0.4 is 5.32 Å². The minimum Gasteiger partial charge on any atom is -0.465 e. The number of hydrogen-bond donors (Lipinski definition) is 1. The molecule has 0 heterocycles. The highest BCUT2D eigenvalue weighted by molar-refractivity contribution is 7.99. The minimum absolute atomic E-state index is 0.160. The maximum absolute atomic E-state index is 12.0. The third kappa shape index (κ3) is 5.44. The lowest BCUT2D eigenvalue weighted by Gasteiger charge is -2.07. The molecular formula is C17H15Cl2NO3S. The van der Waals surface area contributed by atoms with Crippen molar-refractivity contribution in [1.29, 1.82) is 0 Å². The number of hydrogen-bond acceptors (Lipinski definition) is 4. The lowest BCUT2D eigenvalue weighted by Crippen LogP contribution is -2.14. The van der Waals surface area contributed by atoms with Gasteiger partial charge >= 0.3 is 5.97 Å². The Labute approximate surface area is 154 Å². The van der Waals surface area contributed by atoms with E-state index in [2.05, 4.69) is 10.1 Å². The van der Waals surface area contributed by atoms with Crippen LogP contribution in [-0.4, -0.2) is 24.7 Å². The summed E-state index contributed by atoms with van der Waals surface area (Å²) >= 11 is 13.4. The third-order valence-corrected chi connectivity index (χ3v) is 4.64. The number of benzene rings is 2. The second-order valence-corrected chi connectivity index (χ2v) is 6.68. The van der Waals surface area contributed by atoms with Gasteiger partial charge in [0.1, 0.15) is 0 Å². The lowest BCUT2D eigenvalue weighted by molar-refractivity contribution is -0.113. The number of ether oxygens (including phenoxy) is 1. The first-order valence-electron chi connectivity index (χ1n) is 6.99. The van der Waals surface area contributed by atoms with Gasteiger partial charge in [-0.1, -0.05) is 35.3 Å². The highest BCUT2D eigenvalue weighted by Gasteiger charge is 2.08. The smallest absolute Gasteiger partial charge is 0.337 e. The standard InChI is InChI=1S/C17H15Cl2NO3S/c1-23-17(22)11-3-2-4-14(7-11)20-16(21)10-24-9-12-5-6-13(18)8-15(12)19/h2-8H,9-10H2,1H3,(H,20,21). The largest absolute Gasteiger partial charge is 0.465 e. The number of esters is 1. The molecule has 0 bridgehead atoms. The van der Waals surface area contributed by atoms with Crippen molar-refractivity contribution in [1.82, 2.24) is 0 Å². The van der Waals surface area contributed by atoms with Crippen molar-refractivity contribution in [2.75, 3.05) is 18.2 Å². The Balaban J connectivity index is 1.86. The average Bonchev–Trinajstić information content (AvgIpc) is 2.56. The third-order valence-electron chi connectivity index (χ3n) is 3.07. The number of methoxy groups -OCH3 is 1. The van der Waals surface area contributed by atoms with Gasteiger partial charge in [-0.25, -0.2) is 4.79 Å². The van der Waals surface area contributed by atoms with E-state index in [0.29, 0.717) is 27.0 Å². The fourth-order valence-electron chi connectivity index (χ4n) is 1.93. The SMILES string of the molecule is COC(=O)c1cccc(NC(=O)CSCc2ccc(Cl)cc2Cl)c1. The molecule has 126 valence electrons. The molecular weight excluding hydrogens is 369 g/mol. The second-order valence-electron chi connectivity index (χ2n) is 4.85. The predicted octanol–water partition coefficient (Wildman–Crippen LogP) is 4.65. The van der Waals surface area contributed by atoms with E-state index in [4.69, 9.17) is 23.2 Å². The lowest BCUT2D eigenvalue weighted by atomic mass is 10.2. The monoisotopic (exact) mass is 383 g/mol. The van der Waals surface area contributed by atoms with Crippen molar-refractivity contribution < 1.29 is 14.3 Å². The molecule has 24 heavy (non-hydrogen) atoms. The van der Waals surface area contributed by atoms with Gasteiger partial charge in [0.05, 0.1) is 18.4 Å². The second kappa shape index (κ2) is 8.97. The molecule has 7 heteroatoms. The summed E-state index contributed by atoms with van der Waals surface area (Å²) in [6.07, 6.45) is 0. The summed E-state index contributed by atoms with van der Waals surface area (Å²) in [5.74, 6) is 0.262. The molecule has 0 radical (unpaired) electrons. The topological polar surface area (TPSA) is 55.4 Å². The molecule has 2 rings (SSSR count). The number of anilines is 1. The Kier molecular flexibility index (Phi) is 6.97. The van der Waals surface area contributed by atoms with Crippen LogP contribution in [0.1, 0.15) is 15.9 Å². The van der Waals surface area contributed by atoms with E-state index in [9.17, 15) is 9.59 Å². The molecule has 0 aliphatic rings. The first-order valence-corrected chi connectivity index (χ1v) is 8.90. The molecule has 2 aromatic rings. The average molecular weight is 384 g/mol. The van der Waals surface area contributed by atoms with Crippen LogP contribution in [0.4, 0.5) is 5.69 Å². The molecule has 1 N–H and O–H groups in total. The summed E-state index contributed by atoms with van der Waals surface area (Å²) in [5.41, 5.74) is 1.86. The van der Waals surface area contributed by atoms with Crippen LogP contribution in [0.15, 0.2) is 42.5 Å². The molecule has 0 spiro atoms. The zero-order valence-electron chi connectivity index (χ0n) is 12.8. The number of nitrogens with one attached hydrogen (secondary N) is 1. The van der Waals surface area contributed by atoms with Crippen molar-refractivity contribution in [3.8, 4) is 0 Å². The summed E-state index contributed by atoms with van der Waals surface area (Å²) < 4.78 is 4.65. The number of thioether (sulfide) groups is 1. The molecule has 0 aliphatic heterocycles. The van der Waals surface area contributed by atoms with Gasteiger partial charge in [-0.3, -0.25) is 4.79 Å². The van der Waals surface area contributed by atoms with Crippen LogP contribution in [0, 0.1) is 0 Å². The molecule has 1 amide bonds. The predicted molar refractivity (Wildman–Crippen MR) is 99.0 cm³/mol. The maximum atomic E-state index is 12.0. The zero-order valence-corrected chi connectivity index (χ0v) is 15.2. The van der Waals surface area contributed by atoms with Crippen molar-refractivity contribution >= 4 is 52.5 Å². The van der Waals surface area contributed by atoms with Gasteiger partial charge in [-0.05, 0) is 35.9 Å². The van der Waals surface area contributed by atoms with Crippen LogP contribution in [0.25, 0.3) is 0 Å². The Morgan fingerprint density at radius 2 is 1.96 bits per heavy atom. The summed E-state index contributed by atoms with van der Waals surface area (Å²) in [6, 6.07) is 11.9. The molecule has 0 unspecified atom stereocenters. The van der Waals surface area contributed by atoms with E-state index in [1.165, 1.54) is 18.9 Å². The molecule has 0 aromatic heterocycles. The Hall–Kier alpha value is -1.69. The van der Waals surface area contributed by atoms with Crippen LogP contribution in [0.3, 0.4) is 0 Å². The number of carbonyl (C=O) groups excluding carboxylic acids is 2. The molecule has 2 aromatic carbocycles. The maximum Gasteiger partial charge on any atom is 0.337 e. The van der Waals surface area contributed by atoms with Crippen LogP contribution >= 0.6 is 35.0 Å². The van der Waals surface area contributed by atoms with E-state index in [1.807, 2.05) is 6.07 Å². The van der Waals surface area contributed by atoms with Gasteiger partial charge in [0.15, 0.2) is 0 Å². The molecule has 0 aliphatic carbocycles. The van der Waals surface area contributed by atoms with Gasteiger partial charge < -0.3 is 10.1 Å². The van der Waals surface area contributed by atoms with E-state index in [1.54, 1.807) is 36.4 Å². The summed E-state index contributed by atoms with van der Waals surface area (Å²) in [5, 5.41) is 3.91. The number of amides is 1. The quantitative estimate of drug-likeness (QED) is 0.737. The van der Waals surface area contributed by atoms with E-state index in [0.717, 1.165) is 5.56 Å². The molecule has 0 fully saturated rings. The van der Waals surface area contributed by atoms with E-state index < -0.39 is 5.97 Å². The van der Waals surface area contributed by atoms with Gasteiger partial charge in [-0.15, -0.1) is 11.8 Å². The Morgan fingerprint density at radius 1 is 1.17 bits per heavy atom. The molecule has 0 saturated carbocycles. The molecule has 0 saturated heterocycles. The summed E-state index contributed by atoms with van der Waals surface area (Å²) in [4.78, 5) is 23.5. The van der Waals surface area contributed by atoms with Crippen molar-refractivity contribution in [2.45, 2.75) is 5.75 Å². The Bertz CT molecular complexity index is 752. The number of halogens is 2. The van der Waals surface area contributed by atoms with Crippen LogP contribution in [-0.2, 0) is 15.3 Å². The first kappa shape index (κ1) is 18.6. The highest BCUT2D eigenvalue weighted by Crippen LogP contribution is 2.24. The normalized spacial score (nSPS) is 10.3. The Morgan fingerprint density at radius 3 is 2.67 bits per heavy atom. The van der Waals surface area contributed by atoms with Crippen LogP contribution in [0.2, 0.25) is 10.0 Å². The van der Waals surface area contributed by atoms with Crippen molar-refractivity contribution in [2.24, 2.45) is 0 Å². The number of rotatable bonds is 6. The van der Waals surface area contributed by atoms with Gasteiger partial charge in [-0.2, -0.15) is 0 Å². The fraction of sp³-hybridized carbons (Fsp3) is 0.176. The molecule has 0 atom stereocenters. The molecule has 4 nitrogen and oxygen atoms in total. The summed E-state index contributed by atoms with van der Waals surface area (Å²) in [7, 11) is 1.31. The van der Waals surface area contributed by atoms with Crippen molar-refractivity contribution in [3.05, 3.63) is 63.6 Å². The van der Waals surface area contributed by atoms with Gasteiger partial charge in [0, 0.05) is 21.5 Å². The highest BCUT2D eigenvalue weighted by atomic mass is 35.5. The first-order chi connectivity index (χ1) is 11.5. The van der Waals surface area contributed by atoms with E-state index in [-0.39, 0.29) is 11.7 Å². The van der Waals surface area contributed by atoms with Crippen LogP contribution in [0.5, 0.6) is 0 Å². The van der Waals surface area contributed by atoms with Gasteiger partial charge in [0.2, 0.25) is 5.91 Å². The minimum atomic E-state index is -0.446. The zero-order chi connectivity index (χ0) is 17.5. The van der Waals surface area contributed by atoms with Gasteiger partial charge in [0.25, 0.3) is 0 Å². The van der Waals surface area contributed by atoms with Crippen molar-refractivity contribution in [3.63, 3.8) is 0 Å². The number of carbonyl (C=O) groups is 2. The van der Waals surface area contributed by atoms with E-state index >= 15 is 0 Å².